The van der Waals surface area contributed by atoms with Crippen molar-refractivity contribution in [3.8, 4) is 11.5 Å². The van der Waals surface area contributed by atoms with Gasteiger partial charge in [0.2, 0.25) is 5.91 Å². The monoisotopic (exact) mass is 451 g/mol. The van der Waals surface area contributed by atoms with E-state index in [4.69, 9.17) is 19.2 Å². The Labute approximate surface area is 195 Å². The number of rotatable bonds is 13. The fourth-order valence-electron chi connectivity index (χ4n) is 3.82. The number of hydrogen-bond acceptors (Lipinski definition) is 5. The summed E-state index contributed by atoms with van der Waals surface area (Å²) in [5.41, 5.74) is 3.11. The number of unbranched alkanes of at least 4 members (excludes halogenated alkanes) is 1. The zero-order chi connectivity index (χ0) is 23.6. The smallest absolute Gasteiger partial charge is 0.246 e. The SMILES string of the molecule is C=CCc1ccc(OCCCCn2c(C(C)NC(=O)COC)nc3ccccc32)c(OC)c1. The highest BCUT2D eigenvalue weighted by Crippen LogP contribution is 2.28. The van der Waals surface area contributed by atoms with Crippen molar-refractivity contribution in [2.45, 2.75) is 38.8 Å². The standard InChI is InChI=1S/C26H33N3O4/c1-5-10-20-13-14-23(24(17-20)32-4)33-16-9-8-15-29-22-12-7-6-11-21(22)28-26(29)19(2)27-25(30)18-31-3/h5-7,11-14,17,19H,1,8-10,15-16,18H2,2-4H3,(H,27,30). The molecule has 2 aromatic carbocycles. The molecule has 0 aliphatic heterocycles. The van der Waals surface area contributed by atoms with E-state index in [1.165, 1.54) is 7.11 Å². The molecule has 0 saturated carbocycles. The highest BCUT2D eigenvalue weighted by molar-refractivity contribution is 5.78. The van der Waals surface area contributed by atoms with Gasteiger partial charge < -0.3 is 24.1 Å². The number of carbonyl (C=O) groups excluding carboxylic acids is 1. The minimum atomic E-state index is -0.227. The Bertz CT molecular complexity index is 1080. The van der Waals surface area contributed by atoms with Gasteiger partial charge in [0.15, 0.2) is 11.5 Å². The van der Waals surface area contributed by atoms with E-state index in [1.54, 1.807) is 7.11 Å². The lowest BCUT2D eigenvalue weighted by Crippen LogP contribution is -2.31. The molecule has 3 aromatic rings. The second kappa shape index (κ2) is 12.1. The van der Waals surface area contributed by atoms with E-state index in [2.05, 4.69) is 22.5 Å². The summed E-state index contributed by atoms with van der Waals surface area (Å²) in [6, 6.07) is 13.8. The van der Waals surface area contributed by atoms with Gasteiger partial charge in [0, 0.05) is 13.7 Å². The zero-order valence-corrected chi connectivity index (χ0v) is 19.7. The van der Waals surface area contributed by atoms with Crippen LogP contribution < -0.4 is 14.8 Å². The number of carbonyl (C=O) groups is 1. The molecule has 0 radical (unpaired) electrons. The van der Waals surface area contributed by atoms with Crippen LogP contribution in [0, 0.1) is 0 Å². The summed E-state index contributed by atoms with van der Waals surface area (Å²) in [7, 11) is 3.16. The number of benzene rings is 2. The molecule has 0 fully saturated rings. The van der Waals surface area contributed by atoms with E-state index in [-0.39, 0.29) is 18.6 Å². The van der Waals surface area contributed by atoms with Crippen molar-refractivity contribution >= 4 is 16.9 Å². The lowest BCUT2D eigenvalue weighted by molar-refractivity contribution is -0.125. The predicted molar refractivity (Wildman–Crippen MR) is 130 cm³/mol. The first-order chi connectivity index (χ1) is 16.1. The molecule has 3 rings (SSSR count). The van der Waals surface area contributed by atoms with E-state index >= 15 is 0 Å². The van der Waals surface area contributed by atoms with Crippen LogP contribution in [0.4, 0.5) is 0 Å². The summed E-state index contributed by atoms with van der Waals surface area (Å²) in [4.78, 5) is 16.8. The van der Waals surface area contributed by atoms with Crippen LogP contribution >= 0.6 is 0 Å². The van der Waals surface area contributed by atoms with Crippen LogP contribution in [0.1, 0.15) is 37.2 Å². The molecule has 176 valence electrons. The summed E-state index contributed by atoms with van der Waals surface area (Å²) in [6.45, 7) is 7.11. The molecule has 7 heteroatoms. The lowest BCUT2D eigenvalue weighted by Gasteiger charge is -2.16. The quantitative estimate of drug-likeness (QED) is 0.307. The maximum Gasteiger partial charge on any atom is 0.246 e. The molecule has 1 aromatic heterocycles. The van der Waals surface area contributed by atoms with Gasteiger partial charge in [-0.3, -0.25) is 4.79 Å². The minimum absolute atomic E-state index is 0.0277. The third kappa shape index (κ3) is 6.35. The van der Waals surface area contributed by atoms with E-state index in [0.29, 0.717) is 6.61 Å². The topological polar surface area (TPSA) is 74.6 Å². The van der Waals surface area contributed by atoms with E-state index < -0.39 is 0 Å². The van der Waals surface area contributed by atoms with Crippen LogP contribution in [0.15, 0.2) is 55.1 Å². The number of hydrogen-bond donors (Lipinski definition) is 1. The molecular weight excluding hydrogens is 418 g/mol. The summed E-state index contributed by atoms with van der Waals surface area (Å²) >= 11 is 0. The van der Waals surface area contributed by atoms with Crippen LogP contribution in [0.2, 0.25) is 0 Å². The Balaban J connectivity index is 1.62. The van der Waals surface area contributed by atoms with Crippen molar-refractivity contribution in [1.29, 1.82) is 0 Å². The molecule has 0 saturated heterocycles. The Kier molecular flexibility index (Phi) is 8.89. The molecule has 0 bridgehead atoms. The number of aryl methyl sites for hydroxylation is 1. The van der Waals surface area contributed by atoms with Crippen LogP contribution in [-0.2, 0) is 22.5 Å². The van der Waals surface area contributed by atoms with Crippen LogP contribution in [0.5, 0.6) is 11.5 Å². The van der Waals surface area contributed by atoms with Gasteiger partial charge in [-0.2, -0.15) is 0 Å². The number of aromatic nitrogens is 2. The molecule has 1 amide bonds. The molecule has 7 nitrogen and oxygen atoms in total. The number of nitrogens with one attached hydrogen (secondary N) is 1. The molecular formula is C26H33N3O4. The molecule has 0 aliphatic carbocycles. The summed E-state index contributed by atoms with van der Waals surface area (Å²) in [5, 5.41) is 2.96. The number of imidazole rings is 1. The third-order valence-corrected chi connectivity index (χ3v) is 5.37. The fourth-order valence-corrected chi connectivity index (χ4v) is 3.82. The molecule has 1 unspecified atom stereocenters. The van der Waals surface area contributed by atoms with Crippen molar-refractivity contribution in [1.82, 2.24) is 14.9 Å². The average Bonchev–Trinajstić information content (AvgIpc) is 3.18. The van der Waals surface area contributed by atoms with E-state index in [9.17, 15) is 4.79 Å². The predicted octanol–water partition coefficient (Wildman–Crippen LogP) is 4.46. The van der Waals surface area contributed by atoms with Gasteiger partial charge in [0.05, 0.1) is 30.8 Å². The highest BCUT2D eigenvalue weighted by Gasteiger charge is 2.18. The van der Waals surface area contributed by atoms with Crippen molar-refractivity contribution in [3.05, 3.63) is 66.5 Å². The maximum absolute atomic E-state index is 12.0. The first-order valence-corrected chi connectivity index (χ1v) is 11.2. The van der Waals surface area contributed by atoms with Gasteiger partial charge in [-0.05, 0) is 56.0 Å². The van der Waals surface area contributed by atoms with E-state index in [1.807, 2.05) is 49.4 Å². The number of allylic oxidation sites excluding steroid dienone is 1. The first-order valence-electron chi connectivity index (χ1n) is 11.2. The third-order valence-electron chi connectivity index (χ3n) is 5.37. The first kappa shape index (κ1) is 24.3. The Morgan fingerprint density at radius 2 is 2.00 bits per heavy atom. The maximum atomic E-state index is 12.0. The van der Waals surface area contributed by atoms with Gasteiger partial charge in [-0.25, -0.2) is 4.98 Å². The van der Waals surface area contributed by atoms with Crippen LogP contribution in [0.25, 0.3) is 11.0 Å². The fraction of sp³-hybridized carbons (Fsp3) is 0.385. The molecule has 1 atom stereocenters. The Morgan fingerprint density at radius 1 is 1.18 bits per heavy atom. The van der Waals surface area contributed by atoms with Crippen molar-refractivity contribution < 1.29 is 19.0 Å². The molecule has 1 N–H and O–H groups in total. The van der Waals surface area contributed by atoms with Crippen LogP contribution in [-0.4, -0.2) is 42.9 Å². The second-order valence-electron chi connectivity index (χ2n) is 7.87. The Morgan fingerprint density at radius 3 is 2.76 bits per heavy atom. The van der Waals surface area contributed by atoms with Crippen molar-refractivity contribution in [2.75, 3.05) is 27.4 Å². The lowest BCUT2D eigenvalue weighted by atomic mass is 10.1. The highest BCUT2D eigenvalue weighted by atomic mass is 16.5. The van der Waals surface area contributed by atoms with E-state index in [0.717, 1.165) is 59.7 Å². The van der Waals surface area contributed by atoms with Gasteiger partial charge in [0.25, 0.3) is 0 Å². The largest absolute Gasteiger partial charge is 0.493 e. The molecule has 1 heterocycles. The van der Waals surface area contributed by atoms with Gasteiger partial charge >= 0.3 is 0 Å². The van der Waals surface area contributed by atoms with Gasteiger partial charge in [0.1, 0.15) is 12.4 Å². The molecule has 0 aliphatic rings. The summed E-state index contributed by atoms with van der Waals surface area (Å²) in [6.07, 6.45) is 4.44. The number of para-hydroxylation sites is 2. The molecule has 0 spiro atoms. The molecule has 33 heavy (non-hydrogen) atoms. The normalized spacial score (nSPS) is 11.8. The number of amides is 1. The average molecular weight is 452 g/mol. The zero-order valence-electron chi connectivity index (χ0n) is 19.7. The summed E-state index contributed by atoms with van der Waals surface area (Å²) in [5.74, 6) is 2.15. The minimum Gasteiger partial charge on any atom is -0.493 e. The van der Waals surface area contributed by atoms with Gasteiger partial charge in [-0.15, -0.1) is 6.58 Å². The second-order valence-corrected chi connectivity index (χ2v) is 7.87. The van der Waals surface area contributed by atoms with Gasteiger partial charge in [-0.1, -0.05) is 24.3 Å². The number of ether oxygens (including phenoxy) is 3. The number of nitrogens with zero attached hydrogens (tertiary/aromatic N) is 2. The summed E-state index contributed by atoms with van der Waals surface area (Å²) < 4.78 is 18.6. The van der Waals surface area contributed by atoms with Crippen LogP contribution in [0.3, 0.4) is 0 Å². The number of methoxy groups -OCH3 is 2. The number of fused-ring (bicyclic) bond motifs is 1. The Hall–Kier alpha value is -3.32. The van der Waals surface area contributed by atoms with Crippen molar-refractivity contribution in [2.24, 2.45) is 0 Å². The van der Waals surface area contributed by atoms with Crippen molar-refractivity contribution in [3.63, 3.8) is 0 Å².